The maximum Gasteiger partial charge on any atom is 0.251 e. The van der Waals surface area contributed by atoms with Crippen LogP contribution in [0.1, 0.15) is 23.2 Å². The number of carbonyl (C=O) groups excluding carboxylic acids is 1. The van der Waals surface area contributed by atoms with Gasteiger partial charge in [0.25, 0.3) is 5.91 Å². The molecule has 0 heterocycles. The summed E-state index contributed by atoms with van der Waals surface area (Å²) in [5.41, 5.74) is 0.462. The zero-order chi connectivity index (χ0) is 18.9. The van der Waals surface area contributed by atoms with Crippen LogP contribution in [0.3, 0.4) is 0 Å². The van der Waals surface area contributed by atoms with Gasteiger partial charge in [-0.2, -0.15) is 0 Å². The fourth-order valence-corrected chi connectivity index (χ4v) is 2.80. The molecule has 5 nitrogen and oxygen atoms in total. The summed E-state index contributed by atoms with van der Waals surface area (Å²) in [5, 5.41) is 2.86. The van der Waals surface area contributed by atoms with Gasteiger partial charge in [0.15, 0.2) is 0 Å². The molecule has 1 N–H and O–H groups in total. The van der Waals surface area contributed by atoms with Gasteiger partial charge in [-0.25, -0.2) is 4.39 Å². The van der Waals surface area contributed by atoms with Crippen molar-refractivity contribution in [3.63, 3.8) is 0 Å². The quantitative estimate of drug-likeness (QED) is 0.611. The summed E-state index contributed by atoms with van der Waals surface area (Å²) in [5.74, 6) is 1.20. The first-order valence-electron chi connectivity index (χ1n) is 8.13. The van der Waals surface area contributed by atoms with E-state index in [2.05, 4.69) is 21.2 Å². The molecule has 0 radical (unpaired) electrons. The lowest BCUT2D eigenvalue weighted by molar-refractivity contribution is 0.0951. The zero-order valence-electron chi connectivity index (χ0n) is 14.7. The largest absolute Gasteiger partial charge is 0.495 e. The highest BCUT2D eigenvalue weighted by Gasteiger charge is 2.14. The molecule has 0 bridgehead atoms. The highest BCUT2D eigenvalue weighted by atomic mass is 79.9. The number of halogens is 2. The standard InChI is InChI=1S/C19H21BrFNO4/c1-24-16-11-13(12-17(25-2)18(16)20)19(23)22-9-3-4-10-26-15-7-5-14(21)6-8-15/h5-8,11-12H,3-4,9-10H2,1-2H3,(H,22,23). The molecule has 0 aromatic heterocycles. The zero-order valence-corrected chi connectivity index (χ0v) is 16.3. The average molecular weight is 426 g/mol. The van der Waals surface area contributed by atoms with Crippen LogP contribution in [-0.2, 0) is 0 Å². The van der Waals surface area contributed by atoms with Crippen molar-refractivity contribution < 1.29 is 23.4 Å². The number of ether oxygens (including phenoxy) is 3. The molecule has 1 amide bonds. The van der Waals surface area contributed by atoms with Gasteiger partial charge in [0.2, 0.25) is 0 Å². The summed E-state index contributed by atoms with van der Waals surface area (Å²) in [6, 6.07) is 9.20. The van der Waals surface area contributed by atoms with Crippen molar-refractivity contribution in [2.75, 3.05) is 27.4 Å². The Balaban J connectivity index is 1.75. The minimum absolute atomic E-state index is 0.200. The topological polar surface area (TPSA) is 56.8 Å². The second kappa shape index (κ2) is 10.0. The molecular weight excluding hydrogens is 405 g/mol. The Hall–Kier alpha value is -2.28. The average Bonchev–Trinajstić information content (AvgIpc) is 2.66. The molecule has 0 aliphatic carbocycles. The SMILES string of the molecule is COc1cc(C(=O)NCCCCOc2ccc(F)cc2)cc(OC)c1Br. The Morgan fingerprint density at radius 1 is 1.08 bits per heavy atom. The van der Waals surface area contributed by atoms with Gasteiger partial charge >= 0.3 is 0 Å². The molecule has 0 saturated carbocycles. The van der Waals surface area contributed by atoms with Gasteiger partial charge in [0.05, 0.1) is 20.8 Å². The van der Waals surface area contributed by atoms with E-state index in [1.54, 1.807) is 24.3 Å². The third-order valence-corrected chi connectivity index (χ3v) is 4.43. The lowest BCUT2D eigenvalue weighted by Gasteiger charge is -2.12. The Morgan fingerprint density at radius 3 is 2.27 bits per heavy atom. The number of nitrogens with one attached hydrogen (secondary N) is 1. The van der Waals surface area contributed by atoms with Crippen LogP contribution in [0.2, 0.25) is 0 Å². The molecular formula is C19H21BrFNO4. The summed E-state index contributed by atoms with van der Waals surface area (Å²) < 4.78 is 29.4. The Bertz CT molecular complexity index is 712. The van der Waals surface area contributed by atoms with Crippen molar-refractivity contribution in [2.24, 2.45) is 0 Å². The summed E-state index contributed by atoms with van der Waals surface area (Å²) >= 11 is 3.37. The number of hydrogen-bond donors (Lipinski definition) is 1. The molecule has 140 valence electrons. The number of hydrogen-bond acceptors (Lipinski definition) is 4. The molecule has 0 aliphatic heterocycles. The Kier molecular flexibility index (Phi) is 7.72. The van der Waals surface area contributed by atoms with Crippen molar-refractivity contribution in [1.82, 2.24) is 5.32 Å². The van der Waals surface area contributed by atoms with Crippen LogP contribution in [0, 0.1) is 5.82 Å². The summed E-state index contributed by atoms with van der Waals surface area (Å²) in [7, 11) is 3.06. The van der Waals surface area contributed by atoms with Crippen LogP contribution in [0.15, 0.2) is 40.9 Å². The minimum Gasteiger partial charge on any atom is -0.495 e. The fourth-order valence-electron chi connectivity index (χ4n) is 2.25. The normalized spacial score (nSPS) is 10.3. The monoisotopic (exact) mass is 425 g/mol. The Labute approximate surface area is 160 Å². The molecule has 0 fully saturated rings. The predicted molar refractivity (Wildman–Crippen MR) is 101 cm³/mol. The molecule has 2 rings (SSSR count). The lowest BCUT2D eigenvalue weighted by Crippen LogP contribution is -2.24. The first kappa shape index (κ1) is 20.0. The van der Waals surface area contributed by atoms with E-state index in [1.165, 1.54) is 26.4 Å². The molecule has 0 atom stereocenters. The van der Waals surface area contributed by atoms with E-state index in [-0.39, 0.29) is 11.7 Å². The van der Waals surface area contributed by atoms with Gasteiger partial charge in [0, 0.05) is 12.1 Å². The maximum absolute atomic E-state index is 12.8. The van der Waals surface area contributed by atoms with Crippen LogP contribution in [0.25, 0.3) is 0 Å². The van der Waals surface area contributed by atoms with Crippen molar-refractivity contribution in [3.05, 3.63) is 52.3 Å². The lowest BCUT2D eigenvalue weighted by atomic mass is 10.2. The van der Waals surface area contributed by atoms with Crippen molar-refractivity contribution in [3.8, 4) is 17.2 Å². The van der Waals surface area contributed by atoms with E-state index in [1.807, 2.05) is 0 Å². The predicted octanol–water partition coefficient (Wildman–Crippen LogP) is 4.19. The van der Waals surface area contributed by atoms with E-state index >= 15 is 0 Å². The molecule has 0 spiro atoms. The van der Waals surface area contributed by atoms with Crippen LogP contribution in [0.5, 0.6) is 17.2 Å². The van der Waals surface area contributed by atoms with Gasteiger partial charge in [-0.1, -0.05) is 0 Å². The highest BCUT2D eigenvalue weighted by molar-refractivity contribution is 9.10. The van der Waals surface area contributed by atoms with Gasteiger partial charge in [-0.05, 0) is 65.2 Å². The molecule has 7 heteroatoms. The first-order chi connectivity index (χ1) is 12.5. The van der Waals surface area contributed by atoms with Crippen LogP contribution < -0.4 is 19.5 Å². The number of amides is 1. The third-order valence-electron chi connectivity index (χ3n) is 3.65. The van der Waals surface area contributed by atoms with Crippen molar-refractivity contribution in [2.45, 2.75) is 12.8 Å². The van der Waals surface area contributed by atoms with Crippen molar-refractivity contribution in [1.29, 1.82) is 0 Å². The maximum atomic E-state index is 12.8. The Morgan fingerprint density at radius 2 is 1.69 bits per heavy atom. The van der Waals surface area contributed by atoms with Crippen LogP contribution in [0.4, 0.5) is 4.39 Å². The second-order valence-electron chi connectivity index (χ2n) is 5.46. The minimum atomic E-state index is -0.290. The summed E-state index contributed by atoms with van der Waals surface area (Å²) in [4.78, 5) is 12.3. The van der Waals surface area contributed by atoms with E-state index < -0.39 is 0 Å². The molecule has 0 aliphatic rings. The number of benzene rings is 2. The van der Waals surface area contributed by atoms with Crippen LogP contribution in [-0.4, -0.2) is 33.3 Å². The highest BCUT2D eigenvalue weighted by Crippen LogP contribution is 2.35. The summed E-state index contributed by atoms with van der Waals surface area (Å²) in [6.45, 7) is 1.02. The van der Waals surface area contributed by atoms with Gasteiger partial charge in [0.1, 0.15) is 27.5 Å². The summed E-state index contributed by atoms with van der Waals surface area (Å²) in [6.07, 6.45) is 1.53. The van der Waals surface area contributed by atoms with Gasteiger partial charge in [-0.3, -0.25) is 4.79 Å². The van der Waals surface area contributed by atoms with E-state index in [9.17, 15) is 9.18 Å². The molecule has 0 saturated heterocycles. The molecule has 0 unspecified atom stereocenters. The first-order valence-corrected chi connectivity index (χ1v) is 8.92. The molecule has 26 heavy (non-hydrogen) atoms. The molecule has 2 aromatic carbocycles. The van der Waals surface area contributed by atoms with E-state index in [0.29, 0.717) is 40.4 Å². The second-order valence-corrected chi connectivity index (χ2v) is 6.25. The number of methoxy groups -OCH3 is 2. The smallest absolute Gasteiger partial charge is 0.251 e. The van der Waals surface area contributed by atoms with E-state index in [4.69, 9.17) is 14.2 Å². The molecule has 2 aromatic rings. The van der Waals surface area contributed by atoms with Gasteiger partial charge in [-0.15, -0.1) is 0 Å². The number of unbranched alkanes of at least 4 members (excludes halogenated alkanes) is 1. The van der Waals surface area contributed by atoms with Crippen molar-refractivity contribution >= 4 is 21.8 Å². The van der Waals surface area contributed by atoms with Crippen LogP contribution >= 0.6 is 15.9 Å². The van der Waals surface area contributed by atoms with Gasteiger partial charge < -0.3 is 19.5 Å². The third kappa shape index (κ3) is 5.62. The fraction of sp³-hybridized carbons (Fsp3) is 0.316. The number of carbonyl (C=O) groups is 1. The van der Waals surface area contributed by atoms with E-state index in [0.717, 1.165) is 12.8 Å². The number of rotatable bonds is 9.